The summed E-state index contributed by atoms with van der Waals surface area (Å²) in [5, 5.41) is 2.25. The summed E-state index contributed by atoms with van der Waals surface area (Å²) in [5.74, 6) is -0.743. The van der Waals surface area contributed by atoms with Crippen LogP contribution in [0.5, 0.6) is 0 Å². The maximum absolute atomic E-state index is 12.8. The van der Waals surface area contributed by atoms with Gasteiger partial charge in [-0.05, 0) is 38.2 Å². The average molecular weight is 402 g/mol. The Morgan fingerprint density at radius 1 is 1.03 bits per heavy atom. The van der Waals surface area contributed by atoms with Crippen molar-refractivity contribution < 1.29 is 14.4 Å². The lowest BCUT2D eigenvalue weighted by atomic mass is 9.97. The van der Waals surface area contributed by atoms with Crippen LogP contribution in [0.15, 0.2) is 59.9 Å². The largest absolute Gasteiger partial charge is 0.331 e. The number of nitrogens with zero attached hydrogens (tertiary/aromatic N) is 3. The molecular formula is C23H22N4O3. The molecule has 0 bridgehead atoms. The highest BCUT2D eigenvalue weighted by atomic mass is 16.2. The van der Waals surface area contributed by atoms with Crippen molar-refractivity contribution in [2.24, 2.45) is 0 Å². The van der Waals surface area contributed by atoms with Crippen molar-refractivity contribution in [3.05, 3.63) is 65.5 Å². The number of barbiturate groups is 1. The summed E-state index contributed by atoms with van der Waals surface area (Å²) >= 11 is 0. The van der Waals surface area contributed by atoms with Gasteiger partial charge in [-0.15, -0.1) is 0 Å². The molecule has 4 rings (SSSR count). The minimum atomic E-state index is -0.703. The lowest BCUT2D eigenvalue weighted by molar-refractivity contribution is -0.130. The molecule has 1 fully saturated rings. The molecule has 0 spiro atoms. The molecule has 7 heteroatoms. The number of aromatic nitrogens is 2. The number of urea groups is 1. The monoisotopic (exact) mass is 402 g/mol. The molecule has 1 aliphatic carbocycles. The molecule has 0 atom stereocenters. The Kier molecular flexibility index (Phi) is 5.79. The second-order valence-corrected chi connectivity index (χ2v) is 7.34. The van der Waals surface area contributed by atoms with E-state index < -0.39 is 17.8 Å². The van der Waals surface area contributed by atoms with Crippen LogP contribution in [0, 0.1) is 0 Å². The molecule has 4 amide bonds. The first-order valence-electron chi connectivity index (χ1n) is 10.1. The molecule has 7 nitrogen and oxygen atoms in total. The van der Waals surface area contributed by atoms with Gasteiger partial charge in [-0.3, -0.25) is 19.8 Å². The van der Waals surface area contributed by atoms with Crippen molar-refractivity contribution in [2.45, 2.75) is 32.1 Å². The zero-order valence-corrected chi connectivity index (χ0v) is 16.5. The van der Waals surface area contributed by atoms with E-state index in [9.17, 15) is 14.4 Å². The van der Waals surface area contributed by atoms with Gasteiger partial charge in [-0.1, -0.05) is 42.0 Å². The minimum Gasteiger partial charge on any atom is -0.273 e. The van der Waals surface area contributed by atoms with Crippen molar-refractivity contribution in [1.29, 1.82) is 0 Å². The number of rotatable bonds is 5. The number of carbonyl (C=O) groups is 3. The van der Waals surface area contributed by atoms with E-state index in [1.54, 1.807) is 12.4 Å². The molecule has 0 unspecified atom stereocenters. The highest BCUT2D eigenvalue weighted by molar-refractivity contribution is 6.31. The highest BCUT2D eigenvalue weighted by Gasteiger charge is 2.35. The number of imide groups is 2. The van der Waals surface area contributed by atoms with Crippen LogP contribution < -0.4 is 5.32 Å². The Bertz CT molecular complexity index is 1030. The van der Waals surface area contributed by atoms with Gasteiger partial charge in [0.25, 0.3) is 11.8 Å². The van der Waals surface area contributed by atoms with E-state index in [2.05, 4.69) is 21.4 Å². The van der Waals surface area contributed by atoms with Gasteiger partial charge in [0, 0.05) is 30.1 Å². The summed E-state index contributed by atoms with van der Waals surface area (Å²) in [7, 11) is 0. The maximum atomic E-state index is 12.8. The maximum Gasteiger partial charge on any atom is 0.331 e. The smallest absolute Gasteiger partial charge is 0.273 e. The van der Waals surface area contributed by atoms with Crippen LogP contribution in [0.3, 0.4) is 0 Å². The first kappa shape index (κ1) is 19.7. The Hall–Kier alpha value is -3.61. The molecule has 1 aliphatic heterocycles. The van der Waals surface area contributed by atoms with Gasteiger partial charge in [0.2, 0.25) is 0 Å². The van der Waals surface area contributed by atoms with Crippen LogP contribution in [-0.2, 0) is 9.59 Å². The molecule has 0 radical (unpaired) electrons. The molecule has 1 aromatic carbocycles. The topological polar surface area (TPSA) is 92.3 Å². The number of allylic oxidation sites excluding steroid dienone is 1. The van der Waals surface area contributed by atoms with Crippen molar-refractivity contribution in [2.75, 3.05) is 6.54 Å². The molecule has 1 N–H and O–H groups in total. The van der Waals surface area contributed by atoms with Crippen LogP contribution in [0.1, 0.15) is 37.7 Å². The van der Waals surface area contributed by atoms with Crippen LogP contribution in [0.2, 0.25) is 0 Å². The summed E-state index contributed by atoms with van der Waals surface area (Å²) in [6, 6.07) is 8.83. The fraction of sp³-hybridized carbons (Fsp3) is 0.261. The quantitative estimate of drug-likeness (QED) is 0.469. The Labute approximate surface area is 174 Å². The van der Waals surface area contributed by atoms with Crippen molar-refractivity contribution in [1.82, 2.24) is 20.2 Å². The van der Waals surface area contributed by atoms with Crippen LogP contribution >= 0.6 is 0 Å². The zero-order valence-electron chi connectivity index (χ0n) is 16.5. The van der Waals surface area contributed by atoms with E-state index in [0.717, 1.165) is 29.7 Å². The van der Waals surface area contributed by atoms with E-state index in [1.165, 1.54) is 18.1 Å². The van der Waals surface area contributed by atoms with Crippen molar-refractivity contribution in [3.63, 3.8) is 0 Å². The number of nitrogens with one attached hydrogen (secondary N) is 1. The molecule has 30 heavy (non-hydrogen) atoms. The third kappa shape index (κ3) is 4.35. The number of hydrogen-bond donors (Lipinski definition) is 1. The normalized spacial score (nSPS) is 18.4. The third-order valence-corrected chi connectivity index (χ3v) is 5.24. The Balaban J connectivity index is 1.51. The van der Waals surface area contributed by atoms with E-state index >= 15 is 0 Å². The molecule has 2 aliphatic rings. The fourth-order valence-electron chi connectivity index (χ4n) is 3.60. The van der Waals surface area contributed by atoms with Gasteiger partial charge in [0.05, 0.1) is 0 Å². The van der Waals surface area contributed by atoms with Gasteiger partial charge in [-0.25, -0.2) is 14.8 Å². The minimum absolute atomic E-state index is 0.0942. The van der Waals surface area contributed by atoms with Gasteiger partial charge in [0.15, 0.2) is 5.82 Å². The van der Waals surface area contributed by atoms with Crippen LogP contribution in [-0.4, -0.2) is 39.3 Å². The van der Waals surface area contributed by atoms with E-state index in [-0.39, 0.29) is 12.1 Å². The average Bonchev–Trinajstić information content (AvgIpc) is 2.78. The van der Waals surface area contributed by atoms with E-state index in [1.807, 2.05) is 30.3 Å². The SMILES string of the molecule is O=C1NC(=O)N(CCC2=CCCCC2)C(=O)/C1=C\c1cnc(-c2ccccc2)nc1. The molecule has 1 saturated heterocycles. The molecule has 2 aromatic rings. The lowest BCUT2D eigenvalue weighted by Gasteiger charge is -2.27. The predicted molar refractivity (Wildman–Crippen MR) is 112 cm³/mol. The first-order valence-corrected chi connectivity index (χ1v) is 10.1. The summed E-state index contributed by atoms with van der Waals surface area (Å²) in [6.07, 6.45) is 11.7. The first-order chi connectivity index (χ1) is 14.6. The molecular weight excluding hydrogens is 380 g/mol. The van der Waals surface area contributed by atoms with E-state index in [0.29, 0.717) is 17.8 Å². The van der Waals surface area contributed by atoms with Gasteiger partial charge >= 0.3 is 6.03 Å². The second kappa shape index (κ2) is 8.82. The lowest BCUT2D eigenvalue weighted by Crippen LogP contribution is -2.54. The number of amides is 4. The number of hydrogen-bond acceptors (Lipinski definition) is 5. The van der Waals surface area contributed by atoms with Gasteiger partial charge in [0.1, 0.15) is 5.57 Å². The molecule has 0 saturated carbocycles. The number of benzene rings is 1. The molecule has 1 aromatic heterocycles. The number of carbonyl (C=O) groups excluding carboxylic acids is 3. The highest BCUT2D eigenvalue weighted by Crippen LogP contribution is 2.22. The summed E-state index contributed by atoms with van der Waals surface area (Å²) in [6.45, 7) is 0.255. The standard InChI is InChI=1S/C23H22N4O3/c28-21-19(13-17-14-24-20(25-15-17)18-9-5-2-6-10-18)22(29)27(23(30)26-21)12-11-16-7-3-1-4-8-16/h2,5-7,9-10,13-15H,1,3-4,8,11-12H2,(H,26,28,30)/b19-13-. The fourth-order valence-corrected chi connectivity index (χ4v) is 3.60. The summed E-state index contributed by atoms with van der Waals surface area (Å²) in [5.41, 5.74) is 2.55. The third-order valence-electron chi connectivity index (χ3n) is 5.24. The van der Waals surface area contributed by atoms with E-state index in [4.69, 9.17) is 0 Å². The van der Waals surface area contributed by atoms with Crippen molar-refractivity contribution >= 4 is 23.9 Å². The molecule has 2 heterocycles. The summed E-state index contributed by atoms with van der Waals surface area (Å²) < 4.78 is 0. The Morgan fingerprint density at radius 2 is 1.80 bits per heavy atom. The predicted octanol–water partition coefficient (Wildman–Crippen LogP) is 3.50. The van der Waals surface area contributed by atoms with Crippen molar-refractivity contribution in [3.8, 4) is 11.4 Å². The van der Waals surface area contributed by atoms with Gasteiger partial charge < -0.3 is 0 Å². The molecule has 152 valence electrons. The Morgan fingerprint density at radius 3 is 2.50 bits per heavy atom. The van der Waals surface area contributed by atoms with Crippen LogP contribution in [0.4, 0.5) is 4.79 Å². The zero-order chi connectivity index (χ0) is 20.9. The second-order valence-electron chi connectivity index (χ2n) is 7.34. The van der Waals surface area contributed by atoms with Crippen LogP contribution in [0.25, 0.3) is 17.5 Å². The summed E-state index contributed by atoms with van der Waals surface area (Å²) in [4.78, 5) is 47.0. The van der Waals surface area contributed by atoms with Gasteiger partial charge in [-0.2, -0.15) is 0 Å².